The van der Waals surface area contributed by atoms with E-state index < -0.39 is 29.9 Å². The van der Waals surface area contributed by atoms with Gasteiger partial charge in [0.05, 0.1) is 24.3 Å². The summed E-state index contributed by atoms with van der Waals surface area (Å²) < 4.78 is 4.79. The van der Waals surface area contributed by atoms with Gasteiger partial charge in [0.2, 0.25) is 0 Å². The number of ether oxygens (including phenoxy) is 1. The molecular weight excluding hydrogens is 310 g/mol. The van der Waals surface area contributed by atoms with Crippen LogP contribution in [0.4, 0.5) is 0 Å². The molecule has 6 nitrogen and oxygen atoms in total. The first kappa shape index (κ1) is 16.6. The molecule has 0 bridgehead atoms. The van der Waals surface area contributed by atoms with Gasteiger partial charge in [0, 0.05) is 0 Å². The number of nitrogens with zero attached hydrogens (tertiary/aromatic N) is 1. The summed E-state index contributed by atoms with van der Waals surface area (Å²) in [5, 5.41) is 10.8. The van der Waals surface area contributed by atoms with Crippen molar-refractivity contribution >= 4 is 17.8 Å². The van der Waals surface area contributed by atoms with Crippen molar-refractivity contribution in [1.82, 2.24) is 4.90 Å². The van der Waals surface area contributed by atoms with Crippen molar-refractivity contribution in [2.75, 3.05) is 7.11 Å². The molecule has 6 heteroatoms. The summed E-state index contributed by atoms with van der Waals surface area (Å²) in [7, 11) is 1.20. The standard InChI is InChI=1S/C18H21NO5/c1-24-18(23)14(15(20)11-7-3-2-4-8-11)19-16(21)12-9-5-6-10-13(12)17(19)22/h5-6,9-11,14-15,20H,2-4,7-8H2,1H3/t14-,15-/m0/s1. The largest absolute Gasteiger partial charge is 0.467 e. The molecule has 0 aromatic heterocycles. The molecule has 1 aliphatic heterocycles. The highest BCUT2D eigenvalue weighted by atomic mass is 16.5. The minimum atomic E-state index is -1.30. The van der Waals surface area contributed by atoms with E-state index in [2.05, 4.69) is 0 Å². The molecule has 1 aromatic carbocycles. The number of aliphatic hydroxyl groups excluding tert-OH is 1. The van der Waals surface area contributed by atoms with Crippen LogP contribution in [0.15, 0.2) is 24.3 Å². The van der Waals surface area contributed by atoms with E-state index in [0.717, 1.165) is 37.0 Å². The maximum atomic E-state index is 12.6. The van der Waals surface area contributed by atoms with Crippen molar-refractivity contribution in [2.24, 2.45) is 5.92 Å². The van der Waals surface area contributed by atoms with Crippen LogP contribution in [0, 0.1) is 5.92 Å². The molecule has 3 rings (SSSR count). The van der Waals surface area contributed by atoms with Crippen LogP contribution in [0.3, 0.4) is 0 Å². The van der Waals surface area contributed by atoms with Crippen molar-refractivity contribution in [1.29, 1.82) is 0 Å². The second-order valence-electron chi connectivity index (χ2n) is 6.38. The summed E-state index contributed by atoms with van der Waals surface area (Å²) in [6, 6.07) is 5.13. The number of carbonyl (C=O) groups is 3. The Bertz CT molecular complexity index is 630. The number of hydrogen-bond acceptors (Lipinski definition) is 5. The molecule has 1 fully saturated rings. The van der Waals surface area contributed by atoms with Crippen molar-refractivity contribution in [3.05, 3.63) is 35.4 Å². The van der Waals surface area contributed by atoms with Gasteiger partial charge in [-0.05, 0) is 30.9 Å². The summed E-state index contributed by atoms with van der Waals surface area (Å²) in [6.45, 7) is 0. The summed E-state index contributed by atoms with van der Waals surface area (Å²) in [5.74, 6) is -1.99. The van der Waals surface area contributed by atoms with Crippen LogP contribution < -0.4 is 0 Å². The molecule has 24 heavy (non-hydrogen) atoms. The molecule has 1 saturated carbocycles. The third kappa shape index (κ3) is 2.71. The Morgan fingerprint density at radius 1 is 1.12 bits per heavy atom. The zero-order valence-electron chi connectivity index (χ0n) is 13.6. The smallest absolute Gasteiger partial charge is 0.331 e. The number of benzene rings is 1. The molecule has 0 radical (unpaired) electrons. The third-order valence-electron chi connectivity index (χ3n) is 5.00. The number of methoxy groups -OCH3 is 1. The normalized spacial score (nSPS) is 20.7. The molecule has 2 atom stereocenters. The average molecular weight is 331 g/mol. The Morgan fingerprint density at radius 2 is 1.67 bits per heavy atom. The minimum Gasteiger partial charge on any atom is -0.467 e. The van der Waals surface area contributed by atoms with Gasteiger partial charge in [-0.1, -0.05) is 31.4 Å². The highest BCUT2D eigenvalue weighted by molar-refractivity contribution is 6.22. The second-order valence-corrected chi connectivity index (χ2v) is 6.38. The van der Waals surface area contributed by atoms with Gasteiger partial charge in [0.1, 0.15) is 0 Å². The average Bonchev–Trinajstić information content (AvgIpc) is 2.88. The zero-order chi connectivity index (χ0) is 17.3. The quantitative estimate of drug-likeness (QED) is 0.671. The first-order chi connectivity index (χ1) is 11.6. The number of carbonyl (C=O) groups excluding carboxylic acids is 3. The van der Waals surface area contributed by atoms with Gasteiger partial charge in [0.15, 0.2) is 6.04 Å². The third-order valence-corrected chi connectivity index (χ3v) is 5.00. The fraction of sp³-hybridized carbons (Fsp3) is 0.500. The Hall–Kier alpha value is -2.21. The minimum absolute atomic E-state index is 0.118. The lowest BCUT2D eigenvalue weighted by atomic mass is 9.82. The van der Waals surface area contributed by atoms with Gasteiger partial charge < -0.3 is 9.84 Å². The monoisotopic (exact) mass is 331 g/mol. The van der Waals surface area contributed by atoms with Crippen LogP contribution in [0.2, 0.25) is 0 Å². The summed E-state index contributed by atoms with van der Waals surface area (Å²) in [4.78, 5) is 38.5. The van der Waals surface area contributed by atoms with Crippen LogP contribution in [0.25, 0.3) is 0 Å². The first-order valence-corrected chi connectivity index (χ1v) is 8.29. The molecule has 1 aliphatic carbocycles. The van der Waals surface area contributed by atoms with Crippen molar-refractivity contribution < 1.29 is 24.2 Å². The fourth-order valence-electron chi connectivity index (χ4n) is 3.71. The van der Waals surface area contributed by atoms with Gasteiger partial charge in [0.25, 0.3) is 11.8 Å². The zero-order valence-corrected chi connectivity index (χ0v) is 13.6. The topological polar surface area (TPSA) is 83.9 Å². The molecule has 128 valence electrons. The molecule has 0 spiro atoms. The summed E-state index contributed by atoms with van der Waals surface area (Å²) >= 11 is 0. The lowest BCUT2D eigenvalue weighted by Crippen LogP contribution is -2.54. The number of imide groups is 1. The number of rotatable bonds is 4. The number of esters is 1. The predicted molar refractivity (Wildman–Crippen MR) is 85.3 cm³/mol. The first-order valence-electron chi connectivity index (χ1n) is 8.29. The number of hydrogen-bond donors (Lipinski definition) is 1. The molecule has 2 amide bonds. The van der Waals surface area contributed by atoms with Gasteiger partial charge in [-0.2, -0.15) is 0 Å². The van der Waals surface area contributed by atoms with Crippen LogP contribution in [0.5, 0.6) is 0 Å². The molecule has 1 aromatic rings. The molecule has 1 N–H and O–H groups in total. The highest BCUT2D eigenvalue weighted by Gasteiger charge is 2.48. The van der Waals surface area contributed by atoms with Crippen molar-refractivity contribution in [3.63, 3.8) is 0 Å². The number of fused-ring (bicyclic) bond motifs is 1. The van der Waals surface area contributed by atoms with Crippen molar-refractivity contribution in [3.8, 4) is 0 Å². The van der Waals surface area contributed by atoms with Crippen molar-refractivity contribution in [2.45, 2.75) is 44.2 Å². The van der Waals surface area contributed by atoms with Crippen LogP contribution >= 0.6 is 0 Å². The van der Waals surface area contributed by atoms with E-state index in [1.54, 1.807) is 24.3 Å². The molecule has 0 saturated heterocycles. The Balaban J connectivity index is 1.94. The Morgan fingerprint density at radius 3 is 2.17 bits per heavy atom. The Labute approximate surface area is 140 Å². The maximum absolute atomic E-state index is 12.6. The lowest BCUT2D eigenvalue weighted by Gasteiger charge is -2.34. The maximum Gasteiger partial charge on any atom is 0.331 e. The van der Waals surface area contributed by atoms with E-state index in [-0.39, 0.29) is 17.0 Å². The van der Waals surface area contributed by atoms with Gasteiger partial charge in [-0.15, -0.1) is 0 Å². The van der Waals surface area contributed by atoms with E-state index in [0.29, 0.717) is 0 Å². The van der Waals surface area contributed by atoms with E-state index in [4.69, 9.17) is 4.74 Å². The fourth-order valence-corrected chi connectivity index (χ4v) is 3.71. The molecule has 2 aliphatic rings. The number of aliphatic hydroxyl groups is 1. The van der Waals surface area contributed by atoms with E-state index in [1.807, 2.05) is 0 Å². The van der Waals surface area contributed by atoms with E-state index in [1.165, 1.54) is 7.11 Å². The van der Waals surface area contributed by atoms with E-state index >= 15 is 0 Å². The van der Waals surface area contributed by atoms with Gasteiger partial charge in [-0.3, -0.25) is 14.5 Å². The van der Waals surface area contributed by atoms with Gasteiger partial charge in [-0.25, -0.2) is 4.79 Å². The SMILES string of the molecule is COC(=O)[C@H]([C@@H](O)C1CCCCC1)N1C(=O)c2ccccc2C1=O. The number of amides is 2. The molecular formula is C18H21NO5. The summed E-state index contributed by atoms with van der Waals surface area (Å²) in [6.07, 6.45) is 3.48. The second kappa shape index (κ2) is 6.73. The summed E-state index contributed by atoms with van der Waals surface area (Å²) in [5.41, 5.74) is 0.513. The van der Waals surface area contributed by atoms with Crippen LogP contribution in [-0.4, -0.2) is 47.0 Å². The van der Waals surface area contributed by atoms with Crippen LogP contribution in [0.1, 0.15) is 52.8 Å². The van der Waals surface area contributed by atoms with Gasteiger partial charge >= 0.3 is 5.97 Å². The Kier molecular flexibility index (Phi) is 4.66. The van der Waals surface area contributed by atoms with Crippen LogP contribution in [-0.2, 0) is 9.53 Å². The highest BCUT2D eigenvalue weighted by Crippen LogP contribution is 2.32. The predicted octanol–water partition coefficient (Wildman–Crippen LogP) is 1.77. The van der Waals surface area contributed by atoms with E-state index in [9.17, 15) is 19.5 Å². The molecule has 1 heterocycles. The molecule has 0 unspecified atom stereocenters. The lowest BCUT2D eigenvalue weighted by molar-refractivity contribution is -0.151.